The summed E-state index contributed by atoms with van der Waals surface area (Å²) in [6, 6.07) is 15.5. The van der Waals surface area contributed by atoms with Crippen molar-refractivity contribution >= 4 is 11.6 Å². The third kappa shape index (κ3) is 3.04. The zero-order valence-electron chi connectivity index (χ0n) is 12.2. The minimum Gasteiger partial charge on any atom is -0.491 e. The van der Waals surface area contributed by atoms with Crippen molar-refractivity contribution in [3.05, 3.63) is 59.7 Å². The van der Waals surface area contributed by atoms with E-state index in [2.05, 4.69) is 17.0 Å². The van der Waals surface area contributed by atoms with Crippen LogP contribution in [0, 0.1) is 0 Å². The molecule has 5 heteroatoms. The second-order valence-electron chi connectivity index (χ2n) is 5.18. The Morgan fingerprint density at radius 1 is 1.14 bits per heavy atom. The second-order valence-corrected chi connectivity index (χ2v) is 5.18. The lowest BCUT2D eigenvalue weighted by Gasteiger charge is -2.28. The molecule has 0 aromatic heterocycles. The molecule has 0 fully saturated rings. The summed E-state index contributed by atoms with van der Waals surface area (Å²) in [6.45, 7) is 2.23. The van der Waals surface area contributed by atoms with Crippen LogP contribution < -0.4 is 15.1 Å². The topological polar surface area (TPSA) is 61.8 Å². The van der Waals surface area contributed by atoms with Crippen molar-refractivity contribution in [2.75, 3.05) is 24.6 Å². The molecule has 1 aliphatic heterocycles. The van der Waals surface area contributed by atoms with E-state index in [0.717, 1.165) is 25.1 Å². The van der Waals surface area contributed by atoms with Crippen molar-refractivity contribution in [1.29, 1.82) is 0 Å². The van der Waals surface area contributed by atoms with Crippen LogP contribution in [0.5, 0.6) is 5.75 Å². The number of nitrogens with one attached hydrogen (secondary N) is 1. The number of hydrogen-bond acceptors (Lipinski definition) is 4. The number of benzene rings is 2. The quantitative estimate of drug-likeness (QED) is 0.659. The van der Waals surface area contributed by atoms with Gasteiger partial charge >= 0.3 is 0 Å². The van der Waals surface area contributed by atoms with E-state index in [4.69, 9.17) is 9.94 Å². The molecule has 1 aliphatic rings. The Kier molecular flexibility index (Phi) is 4.25. The van der Waals surface area contributed by atoms with Crippen molar-refractivity contribution in [2.45, 2.75) is 6.42 Å². The standard InChI is InChI=1S/C17H18N2O3/c20-17(18-21)14-7-6-13-8-9-19(10-11-22-16(13)12-14)15-4-2-1-3-5-15/h1-7,12,21H,8-11H2,(H,18,20). The van der Waals surface area contributed by atoms with Crippen molar-refractivity contribution < 1.29 is 14.7 Å². The normalized spacial score (nSPS) is 14.3. The van der Waals surface area contributed by atoms with Crippen molar-refractivity contribution in [1.82, 2.24) is 5.48 Å². The highest BCUT2D eigenvalue weighted by Gasteiger charge is 2.15. The maximum absolute atomic E-state index is 11.5. The van der Waals surface area contributed by atoms with Gasteiger partial charge in [-0.2, -0.15) is 0 Å². The van der Waals surface area contributed by atoms with Crippen LogP contribution in [0.25, 0.3) is 0 Å². The summed E-state index contributed by atoms with van der Waals surface area (Å²) in [4.78, 5) is 13.8. The third-order valence-electron chi connectivity index (χ3n) is 3.82. The summed E-state index contributed by atoms with van der Waals surface area (Å²) in [7, 11) is 0. The van der Waals surface area contributed by atoms with E-state index in [-0.39, 0.29) is 0 Å². The minimum absolute atomic E-state index is 0.390. The first-order chi connectivity index (χ1) is 10.8. The molecule has 0 atom stereocenters. The highest BCUT2D eigenvalue weighted by molar-refractivity contribution is 5.93. The molecule has 2 aromatic carbocycles. The smallest absolute Gasteiger partial charge is 0.274 e. The van der Waals surface area contributed by atoms with E-state index in [1.54, 1.807) is 17.6 Å². The van der Waals surface area contributed by atoms with Gasteiger partial charge in [0.15, 0.2) is 0 Å². The molecule has 0 bridgehead atoms. The predicted molar refractivity (Wildman–Crippen MR) is 83.5 cm³/mol. The number of hydrogen-bond donors (Lipinski definition) is 2. The molecule has 22 heavy (non-hydrogen) atoms. The molecule has 0 saturated heterocycles. The Morgan fingerprint density at radius 3 is 2.73 bits per heavy atom. The predicted octanol–water partition coefficient (Wildman–Crippen LogP) is 2.25. The van der Waals surface area contributed by atoms with E-state index >= 15 is 0 Å². The number of carbonyl (C=O) groups excluding carboxylic acids is 1. The Morgan fingerprint density at radius 2 is 1.95 bits per heavy atom. The van der Waals surface area contributed by atoms with E-state index in [1.807, 2.05) is 24.3 Å². The van der Waals surface area contributed by atoms with E-state index in [9.17, 15) is 4.79 Å². The van der Waals surface area contributed by atoms with Crippen molar-refractivity contribution in [2.24, 2.45) is 0 Å². The van der Waals surface area contributed by atoms with Crippen LogP contribution in [0.1, 0.15) is 15.9 Å². The Bertz CT molecular complexity index is 658. The molecule has 1 amide bonds. The van der Waals surface area contributed by atoms with Gasteiger partial charge < -0.3 is 9.64 Å². The molecule has 5 nitrogen and oxygen atoms in total. The largest absolute Gasteiger partial charge is 0.491 e. The molecule has 3 rings (SSSR count). The third-order valence-corrected chi connectivity index (χ3v) is 3.82. The second kappa shape index (κ2) is 6.49. The molecule has 114 valence electrons. The summed E-state index contributed by atoms with van der Waals surface area (Å²) in [6.07, 6.45) is 0.839. The molecule has 1 heterocycles. The van der Waals surface area contributed by atoms with Gasteiger partial charge in [0.25, 0.3) is 5.91 Å². The fraction of sp³-hybridized carbons (Fsp3) is 0.235. The van der Waals surface area contributed by atoms with Crippen LogP contribution >= 0.6 is 0 Å². The molecular weight excluding hydrogens is 280 g/mol. The van der Waals surface area contributed by atoms with E-state index in [1.165, 1.54) is 5.69 Å². The Labute approximate surface area is 129 Å². The van der Waals surface area contributed by atoms with Gasteiger partial charge in [0, 0.05) is 17.8 Å². The maximum Gasteiger partial charge on any atom is 0.274 e. The van der Waals surface area contributed by atoms with Crippen LogP contribution in [0.3, 0.4) is 0 Å². The first kappa shape index (κ1) is 14.4. The number of amides is 1. The average molecular weight is 298 g/mol. The SMILES string of the molecule is O=C(NO)c1ccc2c(c1)OCCN(c1ccccc1)CC2. The lowest BCUT2D eigenvalue weighted by molar-refractivity contribution is 0.0706. The number of rotatable bonds is 2. The molecule has 0 unspecified atom stereocenters. The Hall–Kier alpha value is -2.53. The van der Waals surface area contributed by atoms with Gasteiger partial charge in [0.1, 0.15) is 12.4 Å². The lowest BCUT2D eigenvalue weighted by atomic mass is 10.1. The maximum atomic E-state index is 11.5. The summed E-state index contributed by atoms with van der Waals surface area (Å²) in [5.41, 5.74) is 4.28. The zero-order chi connectivity index (χ0) is 15.4. The Balaban J connectivity index is 1.79. The fourth-order valence-corrected chi connectivity index (χ4v) is 2.63. The molecule has 2 aromatic rings. The first-order valence-corrected chi connectivity index (χ1v) is 7.28. The number of nitrogens with zero attached hydrogens (tertiary/aromatic N) is 1. The van der Waals surface area contributed by atoms with Crippen LogP contribution in [-0.4, -0.2) is 30.8 Å². The van der Waals surface area contributed by atoms with Crippen molar-refractivity contribution in [3.8, 4) is 5.75 Å². The molecule has 0 aliphatic carbocycles. The van der Waals surface area contributed by atoms with Crippen LogP contribution in [0.15, 0.2) is 48.5 Å². The highest BCUT2D eigenvalue weighted by Crippen LogP contribution is 2.24. The van der Waals surface area contributed by atoms with Gasteiger partial charge in [0.05, 0.1) is 6.54 Å². The number of anilines is 1. The average Bonchev–Trinajstić information content (AvgIpc) is 2.55. The van der Waals surface area contributed by atoms with E-state index in [0.29, 0.717) is 17.9 Å². The van der Waals surface area contributed by atoms with Gasteiger partial charge in [-0.05, 0) is 36.2 Å². The zero-order valence-corrected chi connectivity index (χ0v) is 12.2. The van der Waals surface area contributed by atoms with Gasteiger partial charge in [-0.15, -0.1) is 0 Å². The lowest BCUT2D eigenvalue weighted by Crippen LogP contribution is -2.32. The van der Waals surface area contributed by atoms with E-state index < -0.39 is 5.91 Å². The first-order valence-electron chi connectivity index (χ1n) is 7.28. The summed E-state index contributed by atoms with van der Waals surface area (Å²) in [5.74, 6) is 0.188. The van der Waals surface area contributed by atoms with Gasteiger partial charge in [-0.3, -0.25) is 10.0 Å². The van der Waals surface area contributed by atoms with Gasteiger partial charge in [0.2, 0.25) is 0 Å². The van der Waals surface area contributed by atoms with Crippen LogP contribution in [0.2, 0.25) is 0 Å². The van der Waals surface area contributed by atoms with Gasteiger partial charge in [-0.1, -0.05) is 24.3 Å². The monoisotopic (exact) mass is 298 g/mol. The molecule has 2 N–H and O–H groups in total. The fourth-order valence-electron chi connectivity index (χ4n) is 2.63. The number of para-hydroxylation sites is 1. The molecule has 0 spiro atoms. The highest BCUT2D eigenvalue weighted by atomic mass is 16.5. The van der Waals surface area contributed by atoms with Crippen LogP contribution in [-0.2, 0) is 6.42 Å². The number of carbonyl (C=O) groups is 1. The van der Waals surface area contributed by atoms with Gasteiger partial charge in [-0.25, -0.2) is 5.48 Å². The number of hydroxylamine groups is 1. The molecular formula is C17H18N2O3. The number of fused-ring (bicyclic) bond motifs is 1. The minimum atomic E-state index is -0.528. The van der Waals surface area contributed by atoms with Crippen molar-refractivity contribution in [3.63, 3.8) is 0 Å². The molecule has 0 radical (unpaired) electrons. The summed E-state index contributed by atoms with van der Waals surface area (Å²) >= 11 is 0. The summed E-state index contributed by atoms with van der Waals surface area (Å²) < 4.78 is 5.81. The number of ether oxygens (including phenoxy) is 1. The molecule has 0 saturated carbocycles. The van der Waals surface area contributed by atoms with Crippen LogP contribution in [0.4, 0.5) is 5.69 Å². The summed E-state index contributed by atoms with van der Waals surface area (Å²) in [5, 5.41) is 8.71.